The maximum Gasteiger partial charge on any atom is 0.0631 e. The van der Waals surface area contributed by atoms with E-state index in [0.29, 0.717) is 6.42 Å². The summed E-state index contributed by atoms with van der Waals surface area (Å²) in [5.41, 5.74) is 8.08. The molecule has 0 radical (unpaired) electrons. The normalized spacial score (nSPS) is 19.5. The van der Waals surface area contributed by atoms with Gasteiger partial charge in [-0.25, -0.2) is 0 Å². The van der Waals surface area contributed by atoms with E-state index < -0.39 is 5.60 Å². The Kier molecular flexibility index (Phi) is 3.28. The minimum Gasteiger partial charge on any atom is -0.390 e. The summed E-state index contributed by atoms with van der Waals surface area (Å²) in [5.74, 6) is 0. The fourth-order valence-corrected chi connectivity index (χ4v) is 2.75. The highest BCUT2D eigenvalue weighted by molar-refractivity contribution is 5.29. The first-order chi connectivity index (χ1) is 7.89. The molecule has 0 atom stereocenters. The molecule has 0 heterocycles. The molecule has 17 heavy (non-hydrogen) atoms. The quantitative estimate of drug-likeness (QED) is 0.843. The first-order valence-corrected chi connectivity index (χ1v) is 6.50. The average molecular weight is 233 g/mol. The monoisotopic (exact) mass is 233 g/mol. The molecule has 1 fully saturated rings. The molecule has 94 valence electrons. The van der Waals surface area contributed by atoms with Crippen LogP contribution in [0, 0.1) is 0 Å². The summed E-state index contributed by atoms with van der Waals surface area (Å²) in [4.78, 5) is 0. The summed E-state index contributed by atoms with van der Waals surface area (Å²) < 4.78 is 0. The van der Waals surface area contributed by atoms with E-state index in [2.05, 4.69) is 24.3 Å². The fraction of sp³-hybridized carbons (Fsp3) is 0.600. The zero-order chi connectivity index (χ0) is 12.5. The van der Waals surface area contributed by atoms with E-state index in [1.54, 1.807) is 0 Å². The lowest BCUT2D eigenvalue weighted by Gasteiger charge is -2.25. The molecule has 3 N–H and O–H groups in total. The lowest BCUT2D eigenvalue weighted by Crippen LogP contribution is -2.33. The average Bonchev–Trinajstić information content (AvgIpc) is 2.65. The van der Waals surface area contributed by atoms with Gasteiger partial charge in [0, 0.05) is 12.0 Å². The maximum atomic E-state index is 9.78. The van der Waals surface area contributed by atoms with Gasteiger partial charge in [0.25, 0.3) is 0 Å². The molecule has 1 aromatic carbocycles. The first kappa shape index (κ1) is 12.6. The molecule has 1 aliphatic rings. The third-order valence-corrected chi connectivity index (χ3v) is 3.66. The van der Waals surface area contributed by atoms with Crippen molar-refractivity contribution in [3.8, 4) is 0 Å². The Morgan fingerprint density at radius 2 is 1.71 bits per heavy atom. The Morgan fingerprint density at radius 3 is 2.18 bits per heavy atom. The Bertz CT molecular complexity index is 369. The van der Waals surface area contributed by atoms with Crippen molar-refractivity contribution in [1.29, 1.82) is 0 Å². The largest absolute Gasteiger partial charge is 0.390 e. The van der Waals surface area contributed by atoms with Crippen LogP contribution in [0.15, 0.2) is 24.3 Å². The van der Waals surface area contributed by atoms with Crippen LogP contribution < -0.4 is 5.73 Å². The summed E-state index contributed by atoms with van der Waals surface area (Å²) in [5, 5.41) is 9.78. The smallest absolute Gasteiger partial charge is 0.0631 e. The molecule has 2 heteroatoms. The van der Waals surface area contributed by atoms with Gasteiger partial charge in [-0.05, 0) is 37.8 Å². The van der Waals surface area contributed by atoms with E-state index >= 15 is 0 Å². The fourth-order valence-electron chi connectivity index (χ4n) is 2.75. The van der Waals surface area contributed by atoms with Gasteiger partial charge in [-0.3, -0.25) is 0 Å². The minimum atomic E-state index is -0.644. The van der Waals surface area contributed by atoms with Crippen molar-refractivity contribution in [3.05, 3.63) is 35.4 Å². The molecule has 0 bridgehead atoms. The summed E-state index contributed by atoms with van der Waals surface area (Å²) >= 11 is 0. The molecule has 0 aromatic heterocycles. The molecule has 1 aromatic rings. The molecule has 0 saturated heterocycles. The minimum absolute atomic E-state index is 0.104. The zero-order valence-corrected chi connectivity index (χ0v) is 10.9. The second kappa shape index (κ2) is 4.43. The summed E-state index contributed by atoms with van der Waals surface area (Å²) in [6, 6.07) is 8.46. The third kappa shape index (κ3) is 3.08. The van der Waals surface area contributed by atoms with Gasteiger partial charge in [0.2, 0.25) is 0 Å². The predicted octanol–water partition coefficient (Wildman–Crippen LogP) is 2.73. The van der Waals surface area contributed by atoms with Gasteiger partial charge in [-0.15, -0.1) is 0 Å². The number of nitrogens with two attached hydrogens (primary N) is 1. The van der Waals surface area contributed by atoms with Gasteiger partial charge in [0.1, 0.15) is 0 Å². The van der Waals surface area contributed by atoms with E-state index in [9.17, 15) is 5.11 Å². The van der Waals surface area contributed by atoms with Crippen LogP contribution in [0.4, 0.5) is 0 Å². The number of hydrogen-bond acceptors (Lipinski definition) is 2. The molecule has 0 unspecified atom stereocenters. The van der Waals surface area contributed by atoms with E-state index in [0.717, 1.165) is 12.8 Å². The molecule has 2 rings (SSSR count). The number of rotatable bonds is 3. The van der Waals surface area contributed by atoms with Crippen molar-refractivity contribution in [3.63, 3.8) is 0 Å². The Morgan fingerprint density at radius 1 is 1.18 bits per heavy atom. The maximum absolute atomic E-state index is 9.78. The SMILES string of the molecule is CC(C)(O)Cc1ccc(C2(N)CCCC2)cc1. The van der Waals surface area contributed by atoms with Gasteiger partial charge >= 0.3 is 0 Å². The van der Waals surface area contributed by atoms with Crippen molar-refractivity contribution < 1.29 is 5.11 Å². The molecule has 2 nitrogen and oxygen atoms in total. The molecule has 1 aliphatic carbocycles. The van der Waals surface area contributed by atoms with Crippen molar-refractivity contribution in [2.45, 2.75) is 57.1 Å². The van der Waals surface area contributed by atoms with Gasteiger partial charge in [-0.2, -0.15) is 0 Å². The van der Waals surface area contributed by atoms with E-state index in [-0.39, 0.29) is 5.54 Å². The summed E-state index contributed by atoms with van der Waals surface area (Å²) in [6.07, 6.45) is 5.35. The van der Waals surface area contributed by atoms with Crippen LogP contribution in [0.3, 0.4) is 0 Å². The predicted molar refractivity (Wildman–Crippen MR) is 70.8 cm³/mol. The topological polar surface area (TPSA) is 46.2 Å². The Hall–Kier alpha value is -0.860. The second-order valence-electron chi connectivity index (χ2n) is 6.05. The molecule has 0 aliphatic heterocycles. The molecular formula is C15H23NO. The van der Waals surface area contributed by atoms with Gasteiger partial charge in [0.05, 0.1) is 5.60 Å². The van der Waals surface area contributed by atoms with Gasteiger partial charge < -0.3 is 10.8 Å². The lowest BCUT2D eigenvalue weighted by molar-refractivity contribution is 0.0810. The van der Waals surface area contributed by atoms with Crippen LogP contribution in [0.25, 0.3) is 0 Å². The standard InChI is InChI=1S/C15H23NO/c1-14(2,17)11-12-5-7-13(8-6-12)15(16)9-3-4-10-15/h5-8,17H,3-4,9-11,16H2,1-2H3. The Labute approximate surface area is 104 Å². The van der Waals surface area contributed by atoms with Gasteiger partial charge in [-0.1, -0.05) is 37.1 Å². The van der Waals surface area contributed by atoms with Crippen molar-refractivity contribution in [2.24, 2.45) is 5.73 Å². The van der Waals surface area contributed by atoms with Crippen LogP contribution in [0.1, 0.15) is 50.7 Å². The lowest BCUT2D eigenvalue weighted by atomic mass is 9.88. The molecule has 0 spiro atoms. The van der Waals surface area contributed by atoms with Crippen molar-refractivity contribution in [2.75, 3.05) is 0 Å². The Balaban J connectivity index is 2.13. The first-order valence-electron chi connectivity index (χ1n) is 6.50. The van der Waals surface area contributed by atoms with Gasteiger partial charge in [0.15, 0.2) is 0 Å². The highest BCUT2D eigenvalue weighted by atomic mass is 16.3. The highest BCUT2D eigenvalue weighted by Gasteiger charge is 2.30. The molecule has 0 amide bonds. The number of benzene rings is 1. The third-order valence-electron chi connectivity index (χ3n) is 3.66. The second-order valence-corrected chi connectivity index (χ2v) is 6.05. The van der Waals surface area contributed by atoms with E-state index in [1.807, 2.05) is 13.8 Å². The summed E-state index contributed by atoms with van der Waals surface area (Å²) in [7, 11) is 0. The highest BCUT2D eigenvalue weighted by Crippen LogP contribution is 2.36. The van der Waals surface area contributed by atoms with E-state index in [4.69, 9.17) is 5.73 Å². The van der Waals surface area contributed by atoms with Crippen LogP contribution in [0.5, 0.6) is 0 Å². The molecule has 1 saturated carbocycles. The van der Waals surface area contributed by atoms with Crippen LogP contribution >= 0.6 is 0 Å². The number of aliphatic hydroxyl groups is 1. The van der Waals surface area contributed by atoms with Crippen LogP contribution in [-0.4, -0.2) is 10.7 Å². The summed E-state index contributed by atoms with van der Waals surface area (Å²) in [6.45, 7) is 3.67. The molecular weight excluding hydrogens is 210 g/mol. The van der Waals surface area contributed by atoms with Crippen LogP contribution in [0.2, 0.25) is 0 Å². The zero-order valence-electron chi connectivity index (χ0n) is 10.9. The van der Waals surface area contributed by atoms with E-state index in [1.165, 1.54) is 24.0 Å². The van der Waals surface area contributed by atoms with Crippen molar-refractivity contribution >= 4 is 0 Å². The number of hydrogen-bond donors (Lipinski definition) is 2. The van der Waals surface area contributed by atoms with Crippen molar-refractivity contribution in [1.82, 2.24) is 0 Å². The van der Waals surface area contributed by atoms with Crippen LogP contribution in [-0.2, 0) is 12.0 Å².